The zero-order valence-electron chi connectivity index (χ0n) is 6.99. The van der Waals surface area contributed by atoms with Crippen LogP contribution in [0.3, 0.4) is 0 Å². The van der Waals surface area contributed by atoms with E-state index in [1.807, 2.05) is 0 Å². The molecule has 2 heterocycles. The van der Waals surface area contributed by atoms with Crippen molar-refractivity contribution in [2.45, 2.75) is 18.4 Å². The molecule has 1 N–H and O–H groups in total. The molecule has 2 rings (SSSR count). The van der Waals surface area contributed by atoms with Gasteiger partial charge < -0.3 is 9.84 Å². The fraction of sp³-hybridized carbons (Fsp3) is 0.625. The number of aliphatic hydroxyl groups is 1. The van der Waals surface area contributed by atoms with Gasteiger partial charge in [0.25, 0.3) is 0 Å². The smallest absolute Gasteiger partial charge is 0.123 e. The highest BCUT2D eigenvalue weighted by molar-refractivity contribution is 9.10. The van der Waals surface area contributed by atoms with Gasteiger partial charge in [0.15, 0.2) is 0 Å². The maximum absolute atomic E-state index is 10.3. The lowest BCUT2D eigenvalue weighted by Crippen LogP contribution is -2.32. The van der Waals surface area contributed by atoms with Gasteiger partial charge in [0.1, 0.15) is 10.2 Å². The highest BCUT2D eigenvalue weighted by atomic mass is 79.9. The normalized spacial score (nSPS) is 21.7. The van der Waals surface area contributed by atoms with E-state index in [-0.39, 0.29) is 0 Å². The third kappa shape index (κ3) is 1.79. The van der Waals surface area contributed by atoms with Crippen LogP contribution in [0.1, 0.15) is 17.7 Å². The van der Waals surface area contributed by atoms with Crippen molar-refractivity contribution in [1.29, 1.82) is 0 Å². The van der Waals surface area contributed by atoms with Crippen molar-refractivity contribution in [3.05, 3.63) is 15.0 Å². The van der Waals surface area contributed by atoms with E-state index in [4.69, 9.17) is 4.74 Å². The van der Waals surface area contributed by atoms with Crippen LogP contribution in [0.15, 0.2) is 10.1 Å². The minimum absolute atomic E-state index is 0.626. The number of ether oxygens (including phenoxy) is 1. The summed E-state index contributed by atoms with van der Waals surface area (Å²) < 4.78 is 5.98. The van der Waals surface area contributed by atoms with Crippen LogP contribution in [0.2, 0.25) is 0 Å². The lowest BCUT2D eigenvalue weighted by atomic mass is 9.93. The van der Waals surface area contributed by atoms with Crippen LogP contribution in [-0.2, 0) is 10.3 Å². The Labute approximate surface area is 88.9 Å². The van der Waals surface area contributed by atoms with Gasteiger partial charge in [-0.05, 0) is 15.9 Å². The molecule has 72 valence electrons. The van der Waals surface area contributed by atoms with Gasteiger partial charge in [-0.1, -0.05) is 0 Å². The standard InChI is InChI=1S/C8H10BrNO2S/c9-7-6(13-5-10-7)8(11)1-3-12-4-2-8/h5,11H,1-4H2. The van der Waals surface area contributed by atoms with Crippen molar-refractivity contribution in [2.75, 3.05) is 13.2 Å². The van der Waals surface area contributed by atoms with Crippen LogP contribution in [0.25, 0.3) is 0 Å². The van der Waals surface area contributed by atoms with E-state index in [0.29, 0.717) is 26.1 Å². The first-order valence-electron chi connectivity index (χ1n) is 4.12. The zero-order valence-corrected chi connectivity index (χ0v) is 9.40. The molecule has 0 amide bonds. The summed E-state index contributed by atoms with van der Waals surface area (Å²) in [6.45, 7) is 1.25. The van der Waals surface area contributed by atoms with E-state index in [1.54, 1.807) is 5.51 Å². The largest absolute Gasteiger partial charge is 0.384 e. The highest BCUT2D eigenvalue weighted by Crippen LogP contribution is 2.38. The van der Waals surface area contributed by atoms with Crippen LogP contribution < -0.4 is 0 Å². The Morgan fingerprint density at radius 2 is 2.23 bits per heavy atom. The zero-order chi connectivity index (χ0) is 9.31. The van der Waals surface area contributed by atoms with Gasteiger partial charge in [0, 0.05) is 26.1 Å². The van der Waals surface area contributed by atoms with Crippen molar-refractivity contribution >= 4 is 27.3 Å². The van der Waals surface area contributed by atoms with E-state index in [2.05, 4.69) is 20.9 Å². The van der Waals surface area contributed by atoms with Gasteiger partial charge in [0.2, 0.25) is 0 Å². The fourth-order valence-electron chi connectivity index (χ4n) is 1.47. The number of nitrogens with zero attached hydrogens (tertiary/aromatic N) is 1. The third-order valence-corrected chi connectivity index (χ3v) is 4.15. The molecule has 0 atom stereocenters. The van der Waals surface area contributed by atoms with E-state index in [0.717, 1.165) is 9.48 Å². The van der Waals surface area contributed by atoms with Crippen molar-refractivity contribution < 1.29 is 9.84 Å². The molecule has 1 aliphatic heterocycles. The second-order valence-electron chi connectivity index (χ2n) is 3.12. The summed E-state index contributed by atoms with van der Waals surface area (Å²) in [6.07, 6.45) is 1.32. The summed E-state index contributed by atoms with van der Waals surface area (Å²) in [5.74, 6) is 0. The highest BCUT2D eigenvalue weighted by Gasteiger charge is 2.35. The van der Waals surface area contributed by atoms with Gasteiger partial charge in [-0.25, -0.2) is 4.98 Å². The lowest BCUT2D eigenvalue weighted by molar-refractivity contribution is -0.0661. The molecular formula is C8H10BrNO2S. The Kier molecular flexibility index (Phi) is 2.69. The molecule has 3 nitrogen and oxygen atoms in total. The molecule has 1 saturated heterocycles. The number of hydrogen-bond donors (Lipinski definition) is 1. The molecule has 1 aliphatic rings. The SMILES string of the molecule is OC1(c2scnc2Br)CCOCC1. The maximum Gasteiger partial charge on any atom is 0.123 e. The molecule has 0 saturated carbocycles. The molecule has 1 aromatic heterocycles. The lowest BCUT2D eigenvalue weighted by Gasteiger charge is -2.30. The van der Waals surface area contributed by atoms with Crippen molar-refractivity contribution in [1.82, 2.24) is 4.98 Å². The van der Waals surface area contributed by atoms with Gasteiger partial charge in [0.05, 0.1) is 10.4 Å². The average molecular weight is 264 g/mol. The summed E-state index contributed by atoms with van der Waals surface area (Å²) in [6, 6.07) is 0. The maximum atomic E-state index is 10.3. The first-order valence-corrected chi connectivity index (χ1v) is 5.79. The van der Waals surface area contributed by atoms with Gasteiger partial charge in [-0.2, -0.15) is 0 Å². The van der Waals surface area contributed by atoms with Crippen LogP contribution in [-0.4, -0.2) is 23.3 Å². The summed E-state index contributed by atoms with van der Waals surface area (Å²) >= 11 is 4.83. The molecule has 0 aliphatic carbocycles. The summed E-state index contributed by atoms with van der Waals surface area (Å²) in [7, 11) is 0. The van der Waals surface area contributed by atoms with Crippen molar-refractivity contribution in [2.24, 2.45) is 0 Å². The number of aromatic nitrogens is 1. The Morgan fingerprint density at radius 1 is 1.54 bits per heavy atom. The quantitative estimate of drug-likeness (QED) is 0.842. The number of halogens is 1. The van der Waals surface area contributed by atoms with Crippen LogP contribution >= 0.6 is 27.3 Å². The molecule has 13 heavy (non-hydrogen) atoms. The number of hydrogen-bond acceptors (Lipinski definition) is 4. The van der Waals surface area contributed by atoms with Crippen molar-refractivity contribution in [3.63, 3.8) is 0 Å². The summed E-state index contributed by atoms with van der Waals surface area (Å²) in [5, 5.41) is 10.3. The topological polar surface area (TPSA) is 42.4 Å². The van der Waals surface area contributed by atoms with Crippen LogP contribution in [0.4, 0.5) is 0 Å². The Balaban J connectivity index is 2.27. The predicted molar refractivity (Wildman–Crippen MR) is 53.8 cm³/mol. The Morgan fingerprint density at radius 3 is 2.77 bits per heavy atom. The molecule has 0 bridgehead atoms. The second-order valence-corrected chi connectivity index (χ2v) is 4.72. The molecular weight excluding hydrogens is 254 g/mol. The minimum Gasteiger partial charge on any atom is -0.384 e. The molecule has 1 aromatic rings. The minimum atomic E-state index is -0.724. The third-order valence-electron chi connectivity index (χ3n) is 2.27. The fourth-order valence-corrected chi connectivity index (χ4v) is 3.19. The van der Waals surface area contributed by atoms with Gasteiger partial charge in [-0.3, -0.25) is 0 Å². The van der Waals surface area contributed by atoms with Gasteiger partial charge >= 0.3 is 0 Å². The molecule has 0 spiro atoms. The van der Waals surface area contributed by atoms with Crippen LogP contribution in [0.5, 0.6) is 0 Å². The predicted octanol–water partition coefficient (Wildman–Crippen LogP) is 1.90. The summed E-state index contributed by atoms with van der Waals surface area (Å²) in [5.41, 5.74) is 1.02. The van der Waals surface area contributed by atoms with E-state index in [1.165, 1.54) is 11.3 Å². The number of rotatable bonds is 1. The van der Waals surface area contributed by atoms with E-state index >= 15 is 0 Å². The molecule has 0 aromatic carbocycles. The summed E-state index contributed by atoms with van der Waals surface area (Å²) in [4.78, 5) is 5.00. The Hall–Kier alpha value is 0.0300. The van der Waals surface area contributed by atoms with Gasteiger partial charge in [-0.15, -0.1) is 11.3 Å². The molecule has 5 heteroatoms. The van der Waals surface area contributed by atoms with Crippen LogP contribution in [0, 0.1) is 0 Å². The van der Waals surface area contributed by atoms with Crippen molar-refractivity contribution in [3.8, 4) is 0 Å². The monoisotopic (exact) mass is 263 g/mol. The Bertz CT molecular complexity index is 296. The van der Waals surface area contributed by atoms with E-state index < -0.39 is 5.60 Å². The second kappa shape index (κ2) is 3.65. The molecule has 1 fully saturated rings. The van der Waals surface area contributed by atoms with E-state index in [9.17, 15) is 5.11 Å². The number of thiazole rings is 1. The molecule has 0 radical (unpaired) electrons. The first-order chi connectivity index (χ1) is 6.22. The average Bonchev–Trinajstić information content (AvgIpc) is 2.53. The molecule has 0 unspecified atom stereocenters. The first kappa shape index (κ1) is 9.58.